The van der Waals surface area contributed by atoms with Crippen molar-refractivity contribution in [1.29, 1.82) is 0 Å². The van der Waals surface area contributed by atoms with Crippen LogP contribution in [0.15, 0.2) is 24.3 Å². The molecule has 2 rings (SSSR count). The first kappa shape index (κ1) is 19.6. The van der Waals surface area contributed by atoms with Crippen LogP contribution in [0, 0.1) is 12.8 Å². The average Bonchev–Trinajstić information content (AvgIpc) is 2.78. The van der Waals surface area contributed by atoms with Gasteiger partial charge in [0.2, 0.25) is 5.91 Å². The summed E-state index contributed by atoms with van der Waals surface area (Å²) in [4.78, 5) is 50.2. The highest BCUT2D eigenvalue weighted by Gasteiger charge is 2.45. The number of hydrogen-bond donors (Lipinski definition) is 1. The molecule has 1 aliphatic heterocycles. The summed E-state index contributed by atoms with van der Waals surface area (Å²) in [6.07, 6.45) is 0.662. The number of carbonyl (C=O) groups is 4. The Morgan fingerprint density at radius 3 is 2.15 bits per heavy atom. The first-order valence-electron chi connectivity index (χ1n) is 8.77. The van der Waals surface area contributed by atoms with Crippen LogP contribution >= 0.6 is 0 Å². The van der Waals surface area contributed by atoms with Gasteiger partial charge in [-0.05, 0) is 24.8 Å². The molecule has 26 heavy (non-hydrogen) atoms. The Labute approximate surface area is 153 Å². The Bertz CT molecular complexity index is 712. The van der Waals surface area contributed by atoms with Gasteiger partial charge in [0.25, 0.3) is 0 Å². The first-order valence-corrected chi connectivity index (χ1v) is 8.77. The average molecular weight is 359 g/mol. The zero-order valence-corrected chi connectivity index (χ0v) is 15.6. The molecule has 140 valence electrons. The number of benzene rings is 1. The lowest BCUT2D eigenvalue weighted by molar-refractivity contribution is -0.144. The molecule has 0 unspecified atom stereocenters. The number of aryl methyl sites for hydroxylation is 1. The van der Waals surface area contributed by atoms with Crippen molar-refractivity contribution in [2.24, 2.45) is 5.92 Å². The maximum atomic E-state index is 12.3. The van der Waals surface area contributed by atoms with E-state index >= 15 is 0 Å². The minimum absolute atomic E-state index is 0.0375. The molecule has 1 aromatic rings. The molecule has 5 amide bonds. The Kier molecular flexibility index (Phi) is 6.13. The number of urea groups is 1. The van der Waals surface area contributed by atoms with E-state index in [4.69, 9.17) is 0 Å². The Morgan fingerprint density at radius 1 is 1.04 bits per heavy atom. The number of amides is 5. The zero-order valence-electron chi connectivity index (χ0n) is 15.6. The van der Waals surface area contributed by atoms with Crippen LogP contribution in [0.4, 0.5) is 4.79 Å². The highest BCUT2D eigenvalue weighted by molar-refractivity contribution is 6.45. The Hall–Kier alpha value is -2.70. The van der Waals surface area contributed by atoms with Crippen molar-refractivity contribution in [3.63, 3.8) is 0 Å². The molecule has 1 saturated heterocycles. The lowest BCUT2D eigenvalue weighted by atomic mass is 10.0. The van der Waals surface area contributed by atoms with Gasteiger partial charge in [-0.1, -0.05) is 50.6 Å². The predicted octanol–water partition coefficient (Wildman–Crippen LogP) is 2.01. The van der Waals surface area contributed by atoms with Crippen LogP contribution in [-0.2, 0) is 14.4 Å². The van der Waals surface area contributed by atoms with Gasteiger partial charge in [-0.15, -0.1) is 0 Å². The number of nitrogens with zero attached hydrogens (tertiary/aromatic N) is 2. The molecule has 7 nitrogen and oxygen atoms in total. The summed E-state index contributed by atoms with van der Waals surface area (Å²) >= 11 is 0. The molecule has 1 fully saturated rings. The van der Waals surface area contributed by atoms with Crippen molar-refractivity contribution in [1.82, 2.24) is 15.1 Å². The number of carbonyl (C=O) groups excluding carboxylic acids is 4. The second kappa shape index (κ2) is 8.12. The lowest BCUT2D eigenvalue weighted by Gasteiger charge is -2.20. The van der Waals surface area contributed by atoms with Crippen molar-refractivity contribution < 1.29 is 19.2 Å². The molecule has 1 aliphatic rings. The van der Waals surface area contributed by atoms with E-state index in [9.17, 15) is 19.2 Å². The molecule has 0 aliphatic carbocycles. The van der Waals surface area contributed by atoms with Gasteiger partial charge < -0.3 is 5.32 Å². The largest absolute Gasteiger partial charge is 0.348 e. The fraction of sp³-hybridized carbons (Fsp3) is 0.474. The predicted molar refractivity (Wildman–Crippen MR) is 96.0 cm³/mol. The lowest BCUT2D eigenvalue weighted by Crippen LogP contribution is -2.42. The van der Waals surface area contributed by atoms with Crippen LogP contribution in [0.5, 0.6) is 0 Å². The molecule has 0 bridgehead atoms. The molecule has 0 aromatic heterocycles. The van der Waals surface area contributed by atoms with Crippen molar-refractivity contribution in [2.75, 3.05) is 13.1 Å². The van der Waals surface area contributed by atoms with E-state index in [1.165, 1.54) is 0 Å². The minimum atomic E-state index is -0.950. The third kappa shape index (κ3) is 4.28. The Balaban J connectivity index is 2.04. The van der Waals surface area contributed by atoms with Crippen molar-refractivity contribution in [2.45, 2.75) is 40.2 Å². The van der Waals surface area contributed by atoms with Gasteiger partial charge >= 0.3 is 17.8 Å². The molecule has 1 aromatic carbocycles. The summed E-state index contributed by atoms with van der Waals surface area (Å²) in [6, 6.07) is 6.83. The summed E-state index contributed by atoms with van der Waals surface area (Å²) in [7, 11) is 0. The summed E-state index contributed by atoms with van der Waals surface area (Å²) in [5.74, 6) is -2.26. The maximum absolute atomic E-state index is 12.3. The maximum Gasteiger partial charge on any atom is 0.334 e. The van der Waals surface area contributed by atoms with Crippen LogP contribution < -0.4 is 5.32 Å². The van der Waals surface area contributed by atoms with E-state index in [1.54, 1.807) is 0 Å². The van der Waals surface area contributed by atoms with Gasteiger partial charge in [-0.3, -0.25) is 19.3 Å². The standard InChI is InChI=1S/C19H25N3O4/c1-5-15(14-8-6-13(4)7-9-14)20-16(23)11-22-18(25)17(24)21(19(22)26)10-12(2)3/h6-9,12,15H,5,10-11H2,1-4H3,(H,20,23)/t15-/m1/s1. The number of hydrogen-bond acceptors (Lipinski definition) is 4. The molecular weight excluding hydrogens is 334 g/mol. The van der Waals surface area contributed by atoms with Gasteiger partial charge in [-0.2, -0.15) is 0 Å². The van der Waals surface area contributed by atoms with E-state index in [0.29, 0.717) is 11.3 Å². The smallest absolute Gasteiger partial charge is 0.334 e. The third-order valence-corrected chi connectivity index (χ3v) is 4.21. The van der Waals surface area contributed by atoms with Gasteiger partial charge in [0.1, 0.15) is 6.54 Å². The fourth-order valence-electron chi connectivity index (χ4n) is 2.82. The molecule has 1 atom stereocenters. The van der Waals surface area contributed by atoms with Crippen LogP contribution in [0.25, 0.3) is 0 Å². The Morgan fingerprint density at radius 2 is 1.62 bits per heavy atom. The fourth-order valence-corrected chi connectivity index (χ4v) is 2.82. The van der Waals surface area contributed by atoms with E-state index in [0.717, 1.165) is 16.0 Å². The SMILES string of the molecule is CC[C@@H](NC(=O)CN1C(=O)C(=O)N(CC(C)C)C1=O)c1ccc(C)cc1. The number of imide groups is 2. The highest BCUT2D eigenvalue weighted by Crippen LogP contribution is 2.18. The van der Waals surface area contributed by atoms with Crippen molar-refractivity contribution >= 4 is 23.8 Å². The topological polar surface area (TPSA) is 86.8 Å². The van der Waals surface area contributed by atoms with Crippen LogP contribution in [0.1, 0.15) is 44.4 Å². The molecule has 1 N–H and O–H groups in total. The normalized spacial score (nSPS) is 15.8. The minimum Gasteiger partial charge on any atom is -0.348 e. The van der Waals surface area contributed by atoms with Crippen molar-refractivity contribution in [3.05, 3.63) is 35.4 Å². The monoisotopic (exact) mass is 359 g/mol. The summed E-state index contributed by atoms with van der Waals surface area (Å²) < 4.78 is 0. The van der Waals surface area contributed by atoms with Crippen LogP contribution in [0.3, 0.4) is 0 Å². The summed E-state index contributed by atoms with van der Waals surface area (Å²) in [5.41, 5.74) is 2.06. The zero-order chi connectivity index (χ0) is 19.4. The first-order chi connectivity index (χ1) is 12.2. The van der Waals surface area contributed by atoms with E-state index in [-0.39, 0.29) is 18.5 Å². The third-order valence-electron chi connectivity index (χ3n) is 4.21. The molecule has 1 heterocycles. The van der Waals surface area contributed by atoms with Crippen LogP contribution in [0.2, 0.25) is 0 Å². The van der Waals surface area contributed by atoms with E-state index < -0.39 is 30.3 Å². The van der Waals surface area contributed by atoms with E-state index in [1.807, 2.05) is 52.0 Å². The van der Waals surface area contributed by atoms with E-state index in [2.05, 4.69) is 5.32 Å². The second-order valence-electron chi connectivity index (χ2n) is 6.92. The number of rotatable bonds is 7. The molecule has 0 saturated carbocycles. The van der Waals surface area contributed by atoms with Crippen molar-refractivity contribution in [3.8, 4) is 0 Å². The van der Waals surface area contributed by atoms with Gasteiger partial charge in [0.15, 0.2) is 0 Å². The molecule has 0 radical (unpaired) electrons. The molecule has 7 heteroatoms. The van der Waals surface area contributed by atoms with Gasteiger partial charge in [0, 0.05) is 6.54 Å². The van der Waals surface area contributed by atoms with Crippen LogP contribution in [-0.4, -0.2) is 46.6 Å². The quantitative estimate of drug-likeness (QED) is 0.596. The second-order valence-corrected chi connectivity index (χ2v) is 6.92. The van der Waals surface area contributed by atoms with Gasteiger partial charge in [-0.25, -0.2) is 9.69 Å². The summed E-state index contributed by atoms with van der Waals surface area (Å²) in [5, 5.41) is 2.83. The highest BCUT2D eigenvalue weighted by atomic mass is 16.2. The summed E-state index contributed by atoms with van der Waals surface area (Å²) in [6.45, 7) is 7.29. The molecule has 0 spiro atoms. The molecular formula is C19H25N3O4. The van der Waals surface area contributed by atoms with Gasteiger partial charge in [0.05, 0.1) is 6.04 Å². The number of nitrogens with one attached hydrogen (secondary N) is 1.